The van der Waals surface area contributed by atoms with Gasteiger partial charge in [-0.15, -0.1) is 5.10 Å². The number of carbonyl (C=O) groups is 1. The Hall–Kier alpha value is -3.91. The predicted molar refractivity (Wildman–Crippen MR) is 126 cm³/mol. The third-order valence-electron chi connectivity index (χ3n) is 5.25. The summed E-state index contributed by atoms with van der Waals surface area (Å²) in [5, 5.41) is 9.19. The highest BCUT2D eigenvalue weighted by Gasteiger charge is 2.23. The van der Waals surface area contributed by atoms with Crippen LogP contribution in [0.1, 0.15) is 12.0 Å². The second kappa shape index (κ2) is 8.32. The van der Waals surface area contributed by atoms with Crippen molar-refractivity contribution < 1.29 is 4.79 Å². The fourth-order valence-corrected chi connectivity index (χ4v) is 4.59. The maximum atomic E-state index is 13.5. The van der Waals surface area contributed by atoms with Crippen LogP contribution < -0.4 is 10.5 Å². The Labute approximate surface area is 187 Å². The Balaban J connectivity index is 1.49. The van der Waals surface area contributed by atoms with E-state index in [2.05, 4.69) is 10.3 Å². The molecule has 2 aromatic heterocycles. The van der Waals surface area contributed by atoms with Gasteiger partial charge in [0.1, 0.15) is 5.52 Å². The maximum absolute atomic E-state index is 13.5. The Morgan fingerprint density at radius 2 is 1.69 bits per heavy atom. The second-order valence-electron chi connectivity index (χ2n) is 7.36. The average Bonchev–Trinajstić information content (AvgIpc) is 3.24. The normalized spacial score (nSPS) is 11.2. The molecule has 0 N–H and O–H groups in total. The number of anilines is 2. The van der Waals surface area contributed by atoms with Gasteiger partial charge in [0.2, 0.25) is 5.91 Å². The topological polar surface area (TPSA) is 81.0 Å². The molecular formula is C24H19N5O2S. The molecule has 0 atom stereocenters. The number of aromatic nitrogens is 4. The summed E-state index contributed by atoms with van der Waals surface area (Å²) < 4.78 is 2.25. The maximum Gasteiger partial charge on any atom is 0.277 e. The summed E-state index contributed by atoms with van der Waals surface area (Å²) in [6.07, 6.45) is 0.0805. The van der Waals surface area contributed by atoms with Gasteiger partial charge in [0.15, 0.2) is 5.13 Å². The summed E-state index contributed by atoms with van der Waals surface area (Å²) in [5.41, 5.74) is 2.86. The molecule has 0 bridgehead atoms. The van der Waals surface area contributed by atoms with Gasteiger partial charge in [-0.1, -0.05) is 59.0 Å². The SMILES string of the molecule is Cc1ccccc1N(C(=O)CCn1nnc2ccccc2c1=O)c1nc2ccccc2s1. The van der Waals surface area contributed by atoms with Crippen LogP contribution in [0.5, 0.6) is 0 Å². The number of fused-ring (bicyclic) bond motifs is 2. The number of carbonyl (C=O) groups excluding carboxylic acids is 1. The van der Waals surface area contributed by atoms with Crippen LogP contribution in [0.15, 0.2) is 77.6 Å². The molecule has 0 saturated carbocycles. The summed E-state index contributed by atoms with van der Waals surface area (Å²) in [7, 11) is 0. The van der Waals surface area contributed by atoms with Gasteiger partial charge >= 0.3 is 0 Å². The number of thiazole rings is 1. The van der Waals surface area contributed by atoms with E-state index in [0.717, 1.165) is 21.5 Å². The van der Waals surface area contributed by atoms with Crippen molar-refractivity contribution in [3.05, 3.63) is 88.7 Å². The van der Waals surface area contributed by atoms with E-state index in [0.29, 0.717) is 16.0 Å². The van der Waals surface area contributed by atoms with Gasteiger partial charge in [0, 0.05) is 6.42 Å². The molecule has 5 aromatic rings. The first-order valence-corrected chi connectivity index (χ1v) is 11.0. The molecule has 32 heavy (non-hydrogen) atoms. The van der Waals surface area contributed by atoms with Gasteiger partial charge < -0.3 is 0 Å². The van der Waals surface area contributed by atoms with Gasteiger partial charge in [0.25, 0.3) is 5.56 Å². The fraction of sp³-hybridized carbons (Fsp3) is 0.125. The summed E-state index contributed by atoms with van der Waals surface area (Å²) >= 11 is 1.46. The molecule has 8 heteroatoms. The average molecular weight is 442 g/mol. The molecular weight excluding hydrogens is 422 g/mol. The van der Waals surface area contributed by atoms with Crippen LogP contribution >= 0.6 is 11.3 Å². The van der Waals surface area contributed by atoms with E-state index in [9.17, 15) is 9.59 Å². The molecule has 0 saturated heterocycles. The summed E-state index contributed by atoms with van der Waals surface area (Å²) in [5.74, 6) is -0.166. The minimum Gasteiger partial charge on any atom is -0.274 e. The third-order valence-corrected chi connectivity index (χ3v) is 6.27. The number of nitrogens with zero attached hydrogens (tertiary/aromatic N) is 5. The van der Waals surface area contributed by atoms with Crippen LogP contribution in [0.25, 0.3) is 21.1 Å². The smallest absolute Gasteiger partial charge is 0.274 e. The van der Waals surface area contributed by atoms with Crippen molar-refractivity contribution in [1.82, 2.24) is 20.0 Å². The highest BCUT2D eigenvalue weighted by molar-refractivity contribution is 7.22. The van der Waals surface area contributed by atoms with E-state index in [1.807, 2.05) is 61.5 Å². The molecule has 1 amide bonds. The number of aryl methyl sites for hydroxylation is 2. The fourth-order valence-electron chi connectivity index (χ4n) is 3.60. The van der Waals surface area contributed by atoms with E-state index in [-0.39, 0.29) is 24.4 Å². The van der Waals surface area contributed by atoms with E-state index < -0.39 is 0 Å². The van der Waals surface area contributed by atoms with Crippen LogP contribution in [0.3, 0.4) is 0 Å². The van der Waals surface area contributed by atoms with Crippen molar-refractivity contribution >= 4 is 49.2 Å². The third kappa shape index (κ3) is 3.65. The predicted octanol–water partition coefficient (Wildman–Crippen LogP) is 4.46. The first-order valence-electron chi connectivity index (χ1n) is 10.2. The lowest BCUT2D eigenvalue weighted by atomic mass is 10.2. The highest BCUT2D eigenvalue weighted by atomic mass is 32.1. The molecule has 0 spiro atoms. The molecule has 2 heterocycles. The van der Waals surface area contributed by atoms with Gasteiger partial charge in [-0.05, 0) is 42.8 Å². The number of rotatable bonds is 5. The molecule has 0 aliphatic heterocycles. The van der Waals surface area contributed by atoms with E-state index >= 15 is 0 Å². The van der Waals surface area contributed by atoms with E-state index in [4.69, 9.17) is 4.98 Å². The summed E-state index contributed by atoms with van der Waals surface area (Å²) in [6.45, 7) is 2.09. The van der Waals surface area contributed by atoms with E-state index in [1.165, 1.54) is 16.0 Å². The van der Waals surface area contributed by atoms with Crippen molar-refractivity contribution in [3.63, 3.8) is 0 Å². The van der Waals surface area contributed by atoms with Crippen molar-refractivity contribution in [2.24, 2.45) is 0 Å². The highest BCUT2D eigenvalue weighted by Crippen LogP contribution is 2.35. The zero-order chi connectivity index (χ0) is 22.1. The largest absolute Gasteiger partial charge is 0.277 e. The molecule has 0 unspecified atom stereocenters. The van der Waals surface area contributed by atoms with Gasteiger partial charge in [-0.3, -0.25) is 14.5 Å². The second-order valence-corrected chi connectivity index (χ2v) is 8.37. The molecule has 0 aliphatic carbocycles. The Bertz CT molecular complexity index is 1470. The van der Waals surface area contributed by atoms with Crippen LogP contribution in [-0.2, 0) is 11.3 Å². The lowest BCUT2D eigenvalue weighted by Crippen LogP contribution is -2.30. The van der Waals surface area contributed by atoms with Gasteiger partial charge in [0.05, 0.1) is 27.8 Å². The Morgan fingerprint density at radius 1 is 0.969 bits per heavy atom. The van der Waals surface area contributed by atoms with Crippen molar-refractivity contribution in [2.45, 2.75) is 19.9 Å². The number of hydrogen-bond acceptors (Lipinski definition) is 6. The number of para-hydroxylation sites is 2. The minimum absolute atomic E-state index is 0.0805. The van der Waals surface area contributed by atoms with Gasteiger partial charge in [-0.2, -0.15) is 0 Å². The summed E-state index contributed by atoms with van der Waals surface area (Å²) in [4.78, 5) is 32.5. The number of amides is 1. The van der Waals surface area contributed by atoms with Crippen LogP contribution in [0.4, 0.5) is 10.8 Å². The number of benzene rings is 3. The molecule has 0 aliphatic rings. The number of hydrogen-bond donors (Lipinski definition) is 0. The zero-order valence-electron chi connectivity index (χ0n) is 17.3. The monoisotopic (exact) mass is 441 g/mol. The van der Waals surface area contributed by atoms with Crippen LogP contribution in [0.2, 0.25) is 0 Å². The quantitative estimate of drug-likeness (QED) is 0.402. The van der Waals surface area contributed by atoms with E-state index in [1.54, 1.807) is 23.1 Å². The summed E-state index contributed by atoms with van der Waals surface area (Å²) in [6, 6.07) is 22.5. The first-order chi connectivity index (χ1) is 15.6. The standard InChI is InChI=1S/C24H19N5O2S/c1-16-8-2-6-12-20(16)29(24-25-19-11-5-7-13-21(19)32-24)22(30)14-15-28-23(31)17-9-3-4-10-18(17)26-27-28/h2-13H,14-15H2,1H3. The molecule has 7 nitrogen and oxygen atoms in total. The molecule has 0 radical (unpaired) electrons. The Morgan fingerprint density at radius 3 is 2.50 bits per heavy atom. The Kier molecular flexibility index (Phi) is 5.20. The van der Waals surface area contributed by atoms with Gasteiger partial charge in [-0.25, -0.2) is 9.67 Å². The minimum atomic E-state index is -0.258. The zero-order valence-corrected chi connectivity index (χ0v) is 18.1. The van der Waals surface area contributed by atoms with Crippen LogP contribution in [0, 0.1) is 6.92 Å². The molecule has 5 rings (SSSR count). The molecule has 0 fully saturated rings. The molecule has 158 valence electrons. The van der Waals surface area contributed by atoms with Crippen molar-refractivity contribution in [1.29, 1.82) is 0 Å². The lowest BCUT2D eigenvalue weighted by molar-refractivity contribution is -0.118. The van der Waals surface area contributed by atoms with Crippen molar-refractivity contribution in [3.8, 4) is 0 Å². The lowest BCUT2D eigenvalue weighted by Gasteiger charge is -2.22. The molecule has 3 aromatic carbocycles. The first kappa shape index (κ1) is 20.0. The van der Waals surface area contributed by atoms with Crippen LogP contribution in [-0.4, -0.2) is 25.9 Å². The van der Waals surface area contributed by atoms with Crippen molar-refractivity contribution in [2.75, 3.05) is 4.90 Å².